The van der Waals surface area contributed by atoms with E-state index in [1.807, 2.05) is 0 Å². The van der Waals surface area contributed by atoms with Crippen molar-refractivity contribution >= 4 is 11.8 Å². The summed E-state index contributed by atoms with van der Waals surface area (Å²) in [7, 11) is 0. The highest BCUT2D eigenvalue weighted by Crippen LogP contribution is 2.25. The number of rotatable bonds is 2. The van der Waals surface area contributed by atoms with Crippen molar-refractivity contribution in [1.29, 1.82) is 0 Å². The van der Waals surface area contributed by atoms with Crippen molar-refractivity contribution in [1.82, 2.24) is 14.8 Å². The Bertz CT molecular complexity index is 382. The molecule has 2 aliphatic rings. The van der Waals surface area contributed by atoms with E-state index in [1.54, 1.807) is 0 Å². The summed E-state index contributed by atoms with van der Waals surface area (Å²) in [6.07, 6.45) is 6.24. The van der Waals surface area contributed by atoms with Gasteiger partial charge in [-0.15, -0.1) is 0 Å². The fraction of sp³-hybridized carbons (Fsp3) is 0.846. The van der Waals surface area contributed by atoms with Gasteiger partial charge in [-0.3, -0.25) is 0 Å². The second kappa shape index (κ2) is 5.01. The van der Waals surface area contributed by atoms with Gasteiger partial charge in [0, 0.05) is 19.4 Å². The topological polar surface area (TPSA) is 30.7 Å². The molecule has 2 atom stereocenters. The zero-order valence-corrected chi connectivity index (χ0v) is 11.4. The van der Waals surface area contributed by atoms with Gasteiger partial charge >= 0.3 is 0 Å². The lowest BCUT2D eigenvalue weighted by Gasteiger charge is -2.19. The minimum atomic E-state index is 0.766. The van der Waals surface area contributed by atoms with E-state index in [9.17, 15) is 0 Å². The highest BCUT2D eigenvalue weighted by atomic mass is 32.2. The van der Waals surface area contributed by atoms with E-state index in [2.05, 4.69) is 23.4 Å². The highest BCUT2D eigenvalue weighted by Gasteiger charge is 2.21. The van der Waals surface area contributed by atoms with Crippen LogP contribution in [0.3, 0.4) is 0 Å². The first-order valence-corrected chi connectivity index (χ1v) is 7.97. The SMILES string of the molecule is CC1CCc2nc(CC3CCCSC3)nn2C1. The molecular formula is C13H21N3S. The van der Waals surface area contributed by atoms with E-state index in [-0.39, 0.29) is 0 Å². The van der Waals surface area contributed by atoms with Crippen molar-refractivity contribution in [2.75, 3.05) is 11.5 Å². The van der Waals surface area contributed by atoms with Gasteiger partial charge in [0.1, 0.15) is 5.82 Å². The smallest absolute Gasteiger partial charge is 0.151 e. The summed E-state index contributed by atoms with van der Waals surface area (Å²) < 4.78 is 2.15. The van der Waals surface area contributed by atoms with E-state index in [1.165, 1.54) is 36.6 Å². The highest BCUT2D eigenvalue weighted by molar-refractivity contribution is 7.99. The molecule has 1 aromatic rings. The Kier molecular flexibility index (Phi) is 3.41. The summed E-state index contributed by atoms with van der Waals surface area (Å²) in [5.41, 5.74) is 0. The minimum Gasteiger partial charge on any atom is -0.250 e. The third-order valence-corrected chi connectivity index (χ3v) is 5.15. The van der Waals surface area contributed by atoms with E-state index in [0.717, 1.165) is 37.0 Å². The van der Waals surface area contributed by atoms with Crippen LogP contribution in [0.2, 0.25) is 0 Å². The molecule has 17 heavy (non-hydrogen) atoms. The van der Waals surface area contributed by atoms with Gasteiger partial charge in [0.2, 0.25) is 0 Å². The fourth-order valence-corrected chi connectivity index (χ4v) is 3.99. The summed E-state index contributed by atoms with van der Waals surface area (Å²) in [5, 5.41) is 4.69. The van der Waals surface area contributed by atoms with Gasteiger partial charge in [0.25, 0.3) is 0 Å². The van der Waals surface area contributed by atoms with Crippen molar-refractivity contribution in [3.63, 3.8) is 0 Å². The Labute approximate surface area is 107 Å². The lowest BCUT2D eigenvalue weighted by Crippen LogP contribution is -2.19. The molecule has 0 N–H and O–H groups in total. The van der Waals surface area contributed by atoms with Gasteiger partial charge < -0.3 is 0 Å². The van der Waals surface area contributed by atoms with Crippen LogP contribution in [0.25, 0.3) is 0 Å². The summed E-state index contributed by atoms with van der Waals surface area (Å²) in [6, 6.07) is 0. The molecule has 1 fully saturated rings. The summed E-state index contributed by atoms with van der Waals surface area (Å²) >= 11 is 2.10. The Hall–Kier alpha value is -0.510. The number of nitrogens with zero attached hydrogens (tertiary/aromatic N) is 3. The third-order valence-electron chi connectivity index (χ3n) is 3.86. The molecule has 0 saturated carbocycles. The Morgan fingerprint density at radius 2 is 2.35 bits per heavy atom. The van der Waals surface area contributed by atoms with Gasteiger partial charge in [-0.2, -0.15) is 16.9 Å². The molecule has 0 aromatic carbocycles. The predicted molar refractivity (Wildman–Crippen MR) is 71.3 cm³/mol. The monoisotopic (exact) mass is 251 g/mol. The molecule has 4 heteroatoms. The molecule has 0 radical (unpaired) electrons. The maximum absolute atomic E-state index is 4.72. The lowest BCUT2D eigenvalue weighted by atomic mass is 10.0. The van der Waals surface area contributed by atoms with Crippen LogP contribution in [0.5, 0.6) is 0 Å². The third kappa shape index (κ3) is 2.67. The van der Waals surface area contributed by atoms with Gasteiger partial charge in [-0.1, -0.05) is 6.92 Å². The van der Waals surface area contributed by atoms with E-state index >= 15 is 0 Å². The molecule has 2 aliphatic heterocycles. The summed E-state index contributed by atoms with van der Waals surface area (Å²) in [5.74, 6) is 6.56. The van der Waals surface area contributed by atoms with Crippen LogP contribution in [0, 0.1) is 11.8 Å². The van der Waals surface area contributed by atoms with Gasteiger partial charge in [-0.05, 0) is 42.6 Å². The van der Waals surface area contributed by atoms with Crippen LogP contribution in [-0.2, 0) is 19.4 Å². The Morgan fingerprint density at radius 3 is 3.18 bits per heavy atom. The molecule has 0 spiro atoms. The predicted octanol–water partition coefficient (Wildman–Crippen LogP) is 2.55. The van der Waals surface area contributed by atoms with Crippen LogP contribution in [-0.4, -0.2) is 26.3 Å². The molecule has 3 rings (SSSR count). The number of thioether (sulfide) groups is 1. The second-order valence-corrected chi connectivity index (χ2v) is 6.71. The zero-order valence-electron chi connectivity index (χ0n) is 10.6. The zero-order chi connectivity index (χ0) is 11.7. The molecule has 3 heterocycles. The Balaban J connectivity index is 1.67. The molecule has 1 saturated heterocycles. The molecule has 0 aliphatic carbocycles. The molecule has 2 unspecified atom stereocenters. The number of hydrogen-bond acceptors (Lipinski definition) is 3. The largest absolute Gasteiger partial charge is 0.250 e. The van der Waals surface area contributed by atoms with Crippen molar-refractivity contribution < 1.29 is 0 Å². The Morgan fingerprint density at radius 1 is 1.41 bits per heavy atom. The van der Waals surface area contributed by atoms with Crippen LogP contribution >= 0.6 is 11.8 Å². The molecule has 3 nitrogen and oxygen atoms in total. The average molecular weight is 251 g/mol. The van der Waals surface area contributed by atoms with Gasteiger partial charge in [0.05, 0.1) is 0 Å². The first-order valence-electron chi connectivity index (χ1n) is 6.81. The minimum absolute atomic E-state index is 0.766. The average Bonchev–Trinajstić information content (AvgIpc) is 2.71. The van der Waals surface area contributed by atoms with E-state index in [4.69, 9.17) is 10.1 Å². The van der Waals surface area contributed by atoms with Crippen LogP contribution in [0.1, 0.15) is 37.8 Å². The standard InChI is InChI=1S/C13H21N3S/c1-10-4-5-13-14-12(15-16(13)8-10)7-11-3-2-6-17-9-11/h10-11H,2-9H2,1H3. The normalized spacial score (nSPS) is 29.0. The van der Waals surface area contributed by atoms with Crippen molar-refractivity contribution in [3.05, 3.63) is 11.6 Å². The number of aromatic nitrogens is 3. The maximum Gasteiger partial charge on any atom is 0.151 e. The van der Waals surface area contributed by atoms with Crippen molar-refractivity contribution in [2.24, 2.45) is 11.8 Å². The first-order chi connectivity index (χ1) is 8.31. The fourth-order valence-electron chi connectivity index (χ4n) is 2.83. The molecular weight excluding hydrogens is 230 g/mol. The molecule has 1 aromatic heterocycles. The van der Waals surface area contributed by atoms with Gasteiger partial charge in [-0.25, -0.2) is 9.67 Å². The van der Waals surface area contributed by atoms with Gasteiger partial charge in [0.15, 0.2) is 5.82 Å². The van der Waals surface area contributed by atoms with Crippen LogP contribution in [0.15, 0.2) is 0 Å². The number of aryl methyl sites for hydroxylation is 1. The van der Waals surface area contributed by atoms with Crippen molar-refractivity contribution in [3.8, 4) is 0 Å². The second-order valence-electron chi connectivity index (χ2n) is 5.56. The maximum atomic E-state index is 4.72. The first kappa shape index (κ1) is 11.6. The number of fused-ring (bicyclic) bond motifs is 1. The summed E-state index contributed by atoms with van der Waals surface area (Å²) in [6.45, 7) is 3.38. The number of hydrogen-bond donors (Lipinski definition) is 0. The quantitative estimate of drug-likeness (QED) is 0.809. The summed E-state index contributed by atoms with van der Waals surface area (Å²) in [4.78, 5) is 4.72. The lowest BCUT2D eigenvalue weighted by molar-refractivity contribution is 0.366. The molecule has 0 amide bonds. The van der Waals surface area contributed by atoms with Crippen molar-refractivity contribution in [2.45, 2.75) is 45.6 Å². The van der Waals surface area contributed by atoms with E-state index in [0.29, 0.717) is 0 Å². The molecule has 94 valence electrons. The molecule has 0 bridgehead atoms. The van der Waals surface area contributed by atoms with Crippen LogP contribution < -0.4 is 0 Å². The van der Waals surface area contributed by atoms with Crippen LogP contribution in [0.4, 0.5) is 0 Å². The van der Waals surface area contributed by atoms with E-state index < -0.39 is 0 Å².